The van der Waals surface area contributed by atoms with Gasteiger partial charge in [-0.1, -0.05) is 129 Å². The number of nitrogens with zero attached hydrogens (tertiary/aromatic N) is 2. The second kappa shape index (κ2) is 23.1. The third-order valence-corrected chi connectivity index (χ3v) is 9.89. The van der Waals surface area contributed by atoms with Crippen LogP contribution in [0.25, 0.3) is 0 Å². The molecular formula is C34H64N2OS. The molecule has 222 valence electrons. The molecule has 4 heteroatoms. The fraction of sp³-hybridized carbons (Fsp3) is 0.912. The Morgan fingerprint density at radius 2 is 1.05 bits per heavy atom. The molecule has 2 aliphatic heterocycles. The summed E-state index contributed by atoms with van der Waals surface area (Å²) < 4.78 is 0. The van der Waals surface area contributed by atoms with E-state index in [0.717, 1.165) is 19.0 Å². The Hall–Kier alpha value is -0.640. The van der Waals surface area contributed by atoms with Crippen molar-refractivity contribution in [2.75, 3.05) is 25.5 Å². The molecule has 0 atom stereocenters. The van der Waals surface area contributed by atoms with Crippen LogP contribution in [0, 0.1) is 0 Å². The van der Waals surface area contributed by atoms with Crippen molar-refractivity contribution in [3.05, 3.63) is 10.6 Å². The number of likely N-dealkylation sites (tertiary alicyclic amines) is 1. The van der Waals surface area contributed by atoms with Crippen molar-refractivity contribution in [1.29, 1.82) is 0 Å². The quantitative estimate of drug-likeness (QED) is 0.112. The zero-order valence-corrected chi connectivity index (χ0v) is 26.5. The van der Waals surface area contributed by atoms with Crippen LogP contribution in [0.2, 0.25) is 0 Å². The second-order valence-corrected chi connectivity index (χ2v) is 13.2. The summed E-state index contributed by atoms with van der Waals surface area (Å²) in [6.07, 6.45) is 34.0. The lowest BCUT2D eigenvalue weighted by atomic mass is 10.0. The van der Waals surface area contributed by atoms with E-state index >= 15 is 0 Å². The number of rotatable bonds is 24. The number of carbonyl (C=O) groups is 1. The molecule has 1 fully saturated rings. The standard InChI is InChI=1S/C34H64N2OS/c1-3-5-7-9-11-13-15-17-19-22-26-32-33(27-23-20-18-16-14-12-10-8-6-4-2)38-31-36(32)30-34(37)35-28-24-21-25-29-35/h3-31H2,1-2H3. The predicted octanol–water partition coefficient (Wildman–Crippen LogP) is 10.8. The first-order valence-corrected chi connectivity index (χ1v) is 18.1. The van der Waals surface area contributed by atoms with Gasteiger partial charge in [-0.3, -0.25) is 4.79 Å². The summed E-state index contributed by atoms with van der Waals surface area (Å²) in [5.41, 5.74) is 1.54. The molecule has 1 amide bonds. The van der Waals surface area contributed by atoms with Crippen LogP contribution in [0.5, 0.6) is 0 Å². The molecular weight excluding hydrogens is 484 g/mol. The molecule has 38 heavy (non-hydrogen) atoms. The fourth-order valence-corrected chi connectivity index (χ4v) is 7.35. The fourth-order valence-electron chi connectivity index (χ4n) is 6.11. The van der Waals surface area contributed by atoms with Crippen molar-refractivity contribution in [2.45, 2.75) is 174 Å². The third kappa shape index (κ3) is 15.2. The third-order valence-electron chi connectivity index (χ3n) is 8.66. The molecule has 0 saturated carbocycles. The zero-order chi connectivity index (χ0) is 27.1. The molecule has 0 spiro atoms. The van der Waals surface area contributed by atoms with Gasteiger partial charge in [-0.25, -0.2) is 0 Å². The minimum Gasteiger partial charge on any atom is -0.355 e. The number of allylic oxidation sites excluding steroid dienone is 2. The van der Waals surface area contributed by atoms with E-state index in [4.69, 9.17) is 0 Å². The average Bonchev–Trinajstić information content (AvgIpc) is 3.32. The Morgan fingerprint density at radius 1 is 0.605 bits per heavy atom. The van der Waals surface area contributed by atoms with Crippen molar-refractivity contribution in [2.24, 2.45) is 0 Å². The van der Waals surface area contributed by atoms with Crippen LogP contribution >= 0.6 is 11.8 Å². The number of unbranched alkanes of at least 4 members (excludes halogenated alkanes) is 18. The van der Waals surface area contributed by atoms with E-state index in [1.807, 2.05) is 11.8 Å². The molecule has 2 heterocycles. The van der Waals surface area contributed by atoms with Gasteiger partial charge < -0.3 is 9.80 Å². The number of thioether (sulfide) groups is 1. The van der Waals surface area contributed by atoms with Gasteiger partial charge in [-0.05, 0) is 44.9 Å². The number of hydrogen-bond donors (Lipinski definition) is 0. The molecule has 0 aromatic carbocycles. The van der Waals surface area contributed by atoms with Crippen LogP contribution in [0.15, 0.2) is 10.6 Å². The van der Waals surface area contributed by atoms with Gasteiger partial charge in [0.25, 0.3) is 0 Å². The minimum atomic E-state index is 0.367. The molecule has 1 saturated heterocycles. The lowest BCUT2D eigenvalue weighted by Gasteiger charge is -2.30. The maximum Gasteiger partial charge on any atom is 0.242 e. The molecule has 0 bridgehead atoms. The Morgan fingerprint density at radius 3 is 1.55 bits per heavy atom. The minimum absolute atomic E-state index is 0.367. The highest BCUT2D eigenvalue weighted by Gasteiger charge is 2.26. The summed E-state index contributed by atoms with van der Waals surface area (Å²) in [5, 5.41) is 0. The van der Waals surface area contributed by atoms with E-state index in [0.29, 0.717) is 12.5 Å². The normalized spacial score (nSPS) is 16.2. The van der Waals surface area contributed by atoms with Gasteiger partial charge in [-0.2, -0.15) is 0 Å². The Balaban J connectivity index is 1.71. The molecule has 0 radical (unpaired) electrons. The van der Waals surface area contributed by atoms with Crippen molar-refractivity contribution in [1.82, 2.24) is 9.80 Å². The summed E-state index contributed by atoms with van der Waals surface area (Å²) in [4.78, 5) is 19.3. The van der Waals surface area contributed by atoms with E-state index in [9.17, 15) is 4.79 Å². The smallest absolute Gasteiger partial charge is 0.242 e. The van der Waals surface area contributed by atoms with E-state index < -0.39 is 0 Å². The lowest BCUT2D eigenvalue weighted by Crippen LogP contribution is -2.41. The SMILES string of the molecule is CCCCCCCCCCCCC1=C(CCCCCCCCCCCC)N(CC(=O)N2CCCCC2)CS1. The Labute approximate surface area is 242 Å². The van der Waals surface area contributed by atoms with Gasteiger partial charge in [-0.15, -0.1) is 11.8 Å². The number of hydrogen-bond acceptors (Lipinski definition) is 3. The van der Waals surface area contributed by atoms with Crippen LogP contribution in [-0.4, -0.2) is 41.2 Å². The Bertz CT molecular complexity index is 614. The summed E-state index contributed by atoms with van der Waals surface area (Å²) in [7, 11) is 0. The van der Waals surface area contributed by atoms with Crippen LogP contribution in [0.4, 0.5) is 0 Å². The van der Waals surface area contributed by atoms with Crippen LogP contribution < -0.4 is 0 Å². The first-order chi connectivity index (χ1) is 18.8. The largest absolute Gasteiger partial charge is 0.355 e. The molecule has 2 rings (SSSR count). The van der Waals surface area contributed by atoms with Crippen molar-refractivity contribution >= 4 is 17.7 Å². The zero-order valence-electron chi connectivity index (χ0n) is 25.7. The van der Waals surface area contributed by atoms with Crippen LogP contribution in [0.1, 0.15) is 174 Å². The highest BCUT2D eigenvalue weighted by atomic mass is 32.2. The van der Waals surface area contributed by atoms with Gasteiger partial charge in [0.2, 0.25) is 5.91 Å². The molecule has 2 aliphatic rings. The van der Waals surface area contributed by atoms with Gasteiger partial charge in [0.1, 0.15) is 0 Å². The first-order valence-electron chi connectivity index (χ1n) is 17.1. The monoisotopic (exact) mass is 548 g/mol. The van der Waals surface area contributed by atoms with Crippen molar-refractivity contribution < 1.29 is 4.79 Å². The topological polar surface area (TPSA) is 23.6 Å². The number of amides is 1. The molecule has 0 unspecified atom stereocenters. The molecule has 0 aromatic heterocycles. The molecule has 0 aliphatic carbocycles. The highest BCUT2D eigenvalue weighted by molar-refractivity contribution is 8.03. The predicted molar refractivity (Wildman–Crippen MR) is 170 cm³/mol. The Kier molecular flexibility index (Phi) is 20.4. The highest BCUT2D eigenvalue weighted by Crippen LogP contribution is 2.38. The van der Waals surface area contributed by atoms with Gasteiger partial charge >= 0.3 is 0 Å². The van der Waals surface area contributed by atoms with E-state index in [1.165, 1.54) is 166 Å². The summed E-state index contributed by atoms with van der Waals surface area (Å²) in [6, 6.07) is 0. The number of carbonyl (C=O) groups excluding carboxylic acids is 1. The van der Waals surface area contributed by atoms with E-state index in [1.54, 1.807) is 4.91 Å². The van der Waals surface area contributed by atoms with Crippen molar-refractivity contribution in [3.8, 4) is 0 Å². The van der Waals surface area contributed by atoms with Crippen LogP contribution in [0.3, 0.4) is 0 Å². The summed E-state index contributed by atoms with van der Waals surface area (Å²) in [6.45, 7) is 7.16. The van der Waals surface area contributed by atoms with E-state index in [2.05, 4.69) is 23.6 Å². The van der Waals surface area contributed by atoms with Crippen LogP contribution in [-0.2, 0) is 4.79 Å². The lowest BCUT2D eigenvalue weighted by molar-refractivity contribution is -0.132. The van der Waals surface area contributed by atoms with Gasteiger partial charge in [0.05, 0.1) is 12.4 Å². The van der Waals surface area contributed by atoms with E-state index in [-0.39, 0.29) is 0 Å². The molecule has 3 nitrogen and oxygen atoms in total. The number of piperidine rings is 1. The van der Waals surface area contributed by atoms with Gasteiger partial charge in [0, 0.05) is 23.7 Å². The summed E-state index contributed by atoms with van der Waals surface area (Å²) in [5.74, 6) is 1.37. The van der Waals surface area contributed by atoms with Gasteiger partial charge in [0.15, 0.2) is 0 Å². The first kappa shape index (κ1) is 33.6. The maximum absolute atomic E-state index is 13.0. The maximum atomic E-state index is 13.0. The second-order valence-electron chi connectivity index (χ2n) is 12.1. The molecule has 0 N–H and O–H groups in total. The molecule has 0 aromatic rings. The summed E-state index contributed by atoms with van der Waals surface area (Å²) >= 11 is 2.04. The average molecular weight is 549 g/mol. The van der Waals surface area contributed by atoms with Crippen molar-refractivity contribution in [3.63, 3.8) is 0 Å².